The molecular formula is C7H7MgO+. The van der Waals surface area contributed by atoms with Gasteiger partial charge in [0, 0.05) is 0 Å². The molecule has 0 radical (unpaired) electrons. The van der Waals surface area contributed by atoms with Crippen LogP contribution in [0.5, 0.6) is 5.75 Å². The molecule has 0 saturated carbocycles. The first-order chi connectivity index (χ1) is 4.33. The van der Waals surface area contributed by atoms with Crippen LogP contribution in [0.2, 0.25) is 0 Å². The Labute approximate surface area is 67.5 Å². The molecule has 1 aromatic carbocycles. The molecule has 0 fully saturated rings. The summed E-state index contributed by atoms with van der Waals surface area (Å²) in [4.78, 5) is 0. The molecule has 0 aromatic heterocycles. The van der Waals surface area contributed by atoms with Gasteiger partial charge in [0.05, 0.1) is 0 Å². The number of benzene rings is 1. The summed E-state index contributed by atoms with van der Waals surface area (Å²) in [6.07, 6.45) is 0. The van der Waals surface area contributed by atoms with Gasteiger partial charge in [-0.2, -0.15) is 0 Å². The van der Waals surface area contributed by atoms with E-state index in [-0.39, 0.29) is 0 Å². The van der Waals surface area contributed by atoms with Crippen LogP contribution in [0.3, 0.4) is 0 Å². The Morgan fingerprint density at radius 3 is 2.22 bits per heavy atom. The number of hydrogen-bond donors (Lipinski definition) is 0. The quantitative estimate of drug-likeness (QED) is 0.504. The van der Waals surface area contributed by atoms with Crippen molar-refractivity contribution in [2.75, 3.05) is 7.11 Å². The molecule has 0 aliphatic heterocycles. The van der Waals surface area contributed by atoms with Crippen molar-refractivity contribution in [3.05, 3.63) is 24.3 Å². The van der Waals surface area contributed by atoms with Crippen molar-refractivity contribution in [1.29, 1.82) is 0 Å². The molecule has 0 bridgehead atoms. The van der Waals surface area contributed by atoms with Gasteiger partial charge >= 0.3 is 67.3 Å². The summed E-state index contributed by atoms with van der Waals surface area (Å²) >= 11 is 1.87. The molecule has 1 aromatic rings. The van der Waals surface area contributed by atoms with Crippen LogP contribution in [0.1, 0.15) is 0 Å². The fourth-order valence-electron chi connectivity index (χ4n) is 0.626. The first kappa shape index (κ1) is 6.90. The van der Waals surface area contributed by atoms with Crippen LogP contribution < -0.4 is 8.43 Å². The number of ether oxygens (including phenoxy) is 1. The first-order valence-corrected chi connectivity index (χ1v) is 3.49. The van der Waals surface area contributed by atoms with E-state index < -0.39 is 0 Å². The van der Waals surface area contributed by atoms with Crippen LogP contribution in [0, 0.1) is 0 Å². The average Bonchev–Trinajstić information content (AvgIpc) is 1.90. The van der Waals surface area contributed by atoms with Gasteiger partial charge in [-0.3, -0.25) is 0 Å². The molecule has 1 nitrogen and oxygen atoms in total. The van der Waals surface area contributed by atoms with Crippen LogP contribution in [0.15, 0.2) is 24.3 Å². The number of hydrogen-bond acceptors (Lipinski definition) is 1. The van der Waals surface area contributed by atoms with Crippen LogP contribution in [0.4, 0.5) is 0 Å². The van der Waals surface area contributed by atoms with E-state index in [1.807, 2.05) is 46.0 Å². The minimum absolute atomic E-state index is 0.922. The van der Waals surface area contributed by atoms with Crippen LogP contribution in [-0.4, -0.2) is 28.8 Å². The molecule has 1 rings (SSSR count). The Hall–Kier alpha value is -0.214. The van der Waals surface area contributed by atoms with Crippen molar-refractivity contribution in [1.82, 2.24) is 0 Å². The molecule has 9 heavy (non-hydrogen) atoms. The van der Waals surface area contributed by atoms with E-state index >= 15 is 0 Å². The molecule has 0 aliphatic rings. The van der Waals surface area contributed by atoms with E-state index in [4.69, 9.17) is 4.74 Å². The van der Waals surface area contributed by atoms with Gasteiger partial charge in [0.15, 0.2) is 0 Å². The van der Waals surface area contributed by atoms with E-state index in [2.05, 4.69) is 0 Å². The molecule has 0 spiro atoms. The molecular weight excluding hydrogens is 124 g/mol. The van der Waals surface area contributed by atoms with Gasteiger partial charge in [-0.1, -0.05) is 0 Å². The number of rotatable bonds is 1. The predicted molar refractivity (Wildman–Crippen MR) is 38.4 cm³/mol. The average molecular weight is 131 g/mol. The summed E-state index contributed by atoms with van der Waals surface area (Å²) < 4.78 is 6.26. The van der Waals surface area contributed by atoms with E-state index in [9.17, 15) is 0 Å². The topological polar surface area (TPSA) is 9.23 Å². The molecule has 0 amide bonds. The van der Waals surface area contributed by atoms with Crippen molar-refractivity contribution < 1.29 is 4.74 Å². The summed E-state index contributed by atoms with van der Waals surface area (Å²) in [5, 5.41) is 0. The molecule has 0 aliphatic carbocycles. The summed E-state index contributed by atoms with van der Waals surface area (Å²) in [7, 11) is 1.67. The van der Waals surface area contributed by atoms with Crippen molar-refractivity contribution in [3.8, 4) is 5.75 Å². The van der Waals surface area contributed by atoms with Gasteiger partial charge in [0.1, 0.15) is 0 Å². The van der Waals surface area contributed by atoms with Gasteiger partial charge in [-0.05, 0) is 0 Å². The zero-order chi connectivity index (χ0) is 6.69. The van der Waals surface area contributed by atoms with Crippen LogP contribution in [-0.2, 0) is 0 Å². The summed E-state index contributed by atoms with van der Waals surface area (Å²) in [6.45, 7) is 0. The second kappa shape index (κ2) is 3.08. The third kappa shape index (κ3) is 1.88. The summed E-state index contributed by atoms with van der Waals surface area (Å²) in [6, 6.07) is 8.00. The maximum absolute atomic E-state index is 4.97. The second-order valence-electron chi connectivity index (χ2n) is 1.85. The third-order valence-electron chi connectivity index (χ3n) is 1.16. The zero-order valence-corrected chi connectivity index (χ0v) is 6.84. The van der Waals surface area contributed by atoms with E-state index in [0.29, 0.717) is 0 Å². The molecule has 2 heteroatoms. The fraction of sp³-hybridized carbons (Fsp3) is 0.143. The summed E-state index contributed by atoms with van der Waals surface area (Å²) in [5.41, 5.74) is 0. The zero-order valence-electron chi connectivity index (χ0n) is 5.42. The Morgan fingerprint density at radius 2 is 1.78 bits per heavy atom. The van der Waals surface area contributed by atoms with Gasteiger partial charge in [-0.25, -0.2) is 0 Å². The monoisotopic (exact) mass is 131 g/mol. The van der Waals surface area contributed by atoms with Crippen LogP contribution in [0.25, 0.3) is 0 Å². The Balaban J connectivity index is 2.88. The van der Waals surface area contributed by atoms with E-state index in [1.165, 1.54) is 3.69 Å². The van der Waals surface area contributed by atoms with E-state index in [0.717, 1.165) is 5.75 Å². The minimum atomic E-state index is 0.922. The molecule has 0 N–H and O–H groups in total. The SMILES string of the molecule is COc1cc[c]([Mg+])cc1. The Morgan fingerprint density at radius 1 is 1.22 bits per heavy atom. The Kier molecular flexibility index (Phi) is 2.36. The van der Waals surface area contributed by atoms with Gasteiger partial charge in [-0.15, -0.1) is 0 Å². The van der Waals surface area contributed by atoms with Crippen molar-refractivity contribution in [2.45, 2.75) is 0 Å². The standard InChI is InChI=1S/C7H7O.Mg/c1-8-7-5-3-2-4-6-7;/h3-6H,1H3;/q;+1. The number of methoxy groups -OCH3 is 1. The Bertz CT molecular complexity index is 181. The van der Waals surface area contributed by atoms with Crippen LogP contribution >= 0.6 is 0 Å². The molecule has 0 atom stereocenters. The summed E-state index contributed by atoms with van der Waals surface area (Å²) in [5.74, 6) is 0.922. The molecule has 0 saturated heterocycles. The first-order valence-electron chi connectivity index (χ1n) is 2.79. The van der Waals surface area contributed by atoms with Gasteiger partial charge in [0.25, 0.3) is 0 Å². The molecule has 0 heterocycles. The predicted octanol–water partition coefficient (Wildman–Crippen LogP) is 0.489. The van der Waals surface area contributed by atoms with Crippen molar-refractivity contribution >= 4 is 25.4 Å². The third-order valence-corrected chi connectivity index (χ3v) is 1.63. The van der Waals surface area contributed by atoms with Gasteiger partial charge < -0.3 is 0 Å². The normalized spacial score (nSPS) is 9.22. The second-order valence-corrected chi connectivity index (χ2v) is 2.66. The van der Waals surface area contributed by atoms with E-state index in [1.54, 1.807) is 7.11 Å². The molecule has 0 unspecified atom stereocenters. The molecule has 42 valence electrons. The van der Waals surface area contributed by atoms with Crippen molar-refractivity contribution in [2.24, 2.45) is 0 Å². The maximum atomic E-state index is 4.97. The van der Waals surface area contributed by atoms with Crippen molar-refractivity contribution in [3.63, 3.8) is 0 Å². The van der Waals surface area contributed by atoms with Gasteiger partial charge in [0.2, 0.25) is 0 Å². The fourth-order valence-corrected chi connectivity index (χ4v) is 0.861.